The third-order valence-electron chi connectivity index (χ3n) is 6.08. The minimum Gasteiger partial charge on any atom is -0.494 e. The average molecular weight is 506 g/mol. The number of aromatic nitrogens is 2. The van der Waals surface area contributed by atoms with Gasteiger partial charge in [-0.05, 0) is 75.7 Å². The quantitative estimate of drug-likeness (QED) is 0.310. The molecule has 8 heteroatoms. The monoisotopic (exact) mass is 505 g/mol. The number of aryl methyl sites for hydroxylation is 1. The summed E-state index contributed by atoms with van der Waals surface area (Å²) in [5, 5.41) is 0.464. The lowest BCUT2D eigenvalue weighted by molar-refractivity contribution is 0.327. The van der Waals surface area contributed by atoms with Crippen molar-refractivity contribution in [3.05, 3.63) is 94.5 Å². The zero-order chi connectivity index (χ0) is 25.9. The van der Waals surface area contributed by atoms with E-state index in [1.165, 1.54) is 8.87 Å². The van der Waals surface area contributed by atoms with E-state index in [4.69, 9.17) is 9.72 Å². The van der Waals surface area contributed by atoms with Crippen LogP contribution < -0.4 is 10.3 Å². The number of fused-ring (bicyclic) bond motifs is 1. The highest BCUT2D eigenvalue weighted by Crippen LogP contribution is 2.29. The lowest BCUT2D eigenvalue weighted by Crippen LogP contribution is -2.38. The molecule has 0 saturated heterocycles. The van der Waals surface area contributed by atoms with Crippen molar-refractivity contribution in [1.82, 2.24) is 13.9 Å². The number of ether oxygens (including phenoxy) is 1. The van der Waals surface area contributed by atoms with Crippen molar-refractivity contribution >= 4 is 20.9 Å². The van der Waals surface area contributed by atoms with Crippen LogP contribution in [0.25, 0.3) is 16.6 Å². The second-order valence-corrected chi connectivity index (χ2v) is 10.5. The van der Waals surface area contributed by atoms with Crippen LogP contribution in [0.4, 0.5) is 0 Å². The molecule has 1 atom stereocenters. The third-order valence-corrected chi connectivity index (χ3v) is 8.07. The van der Waals surface area contributed by atoms with Crippen molar-refractivity contribution in [3.63, 3.8) is 0 Å². The highest BCUT2D eigenvalue weighted by molar-refractivity contribution is 7.89. The lowest BCUT2D eigenvalue weighted by Gasteiger charge is -2.29. The Morgan fingerprint density at radius 3 is 2.28 bits per heavy atom. The summed E-state index contributed by atoms with van der Waals surface area (Å²) in [7, 11) is -3.85. The van der Waals surface area contributed by atoms with Crippen LogP contribution in [0.3, 0.4) is 0 Å². The number of hydrogen-bond donors (Lipinski definition) is 0. The van der Waals surface area contributed by atoms with Crippen LogP contribution in [-0.4, -0.2) is 35.4 Å². The summed E-state index contributed by atoms with van der Waals surface area (Å²) >= 11 is 0. The van der Waals surface area contributed by atoms with Gasteiger partial charge in [-0.2, -0.15) is 4.31 Å². The molecule has 0 saturated carbocycles. The van der Waals surface area contributed by atoms with E-state index < -0.39 is 16.1 Å². The number of nitrogens with zero attached hydrogens (tertiary/aromatic N) is 3. The minimum atomic E-state index is -3.85. The Hall–Kier alpha value is -3.49. The van der Waals surface area contributed by atoms with Gasteiger partial charge in [0.15, 0.2) is 0 Å². The zero-order valence-corrected chi connectivity index (χ0v) is 21.8. The van der Waals surface area contributed by atoms with E-state index in [-0.39, 0.29) is 17.0 Å². The van der Waals surface area contributed by atoms with E-state index in [0.717, 1.165) is 5.56 Å². The van der Waals surface area contributed by atoms with Crippen LogP contribution in [0.5, 0.6) is 5.75 Å². The first-order valence-electron chi connectivity index (χ1n) is 12.1. The predicted octanol–water partition coefficient (Wildman–Crippen LogP) is 5.25. The number of hydrogen-bond acceptors (Lipinski definition) is 5. The van der Waals surface area contributed by atoms with Crippen molar-refractivity contribution in [2.45, 2.75) is 45.1 Å². The molecule has 1 heterocycles. The average Bonchev–Trinajstić information content (AvgIpc) is 2.88. The highest BCUT2D eigenvalue weighted by Gasteiger charge is 2.32. The Labute approximate surface area is 212 Å². The number of para-hydroxylation sites is 1. The zero-order valence-electron chi connectivity index (χ0n) is 21.0. The first kappa shape index (κ1) is 25.6. The van der Waals surface area contributed by atoms with Gasteiger partial charge in [0, 0.05) is 6.54 Å². The van der Waals surface area contributed by atoms with Crippen LogP contribution in [0.1, 0.15) is 44.6 Å². The summed E-state index contributed by atoms with van der Waals surface area (Å²) in [6.07, 6.45) is 0.607. The van der Waals surface area contributed by atoms with Crippen LogP contribution >= 0.6 is 0 Å². The molecule has 188 valence electrons. The van der Waals surface area contributed by atoms with Gasteiger partial charge in [-0.1, -0.05) is 36.8 Å². The molecule has 0 fully saturated rings. The number of benzene rings is 3. The third kappa shape index (κ3) is 4.92. The molecule has 0 aliphatic carbocycles. The number of rotatable bonds is 9. The standard InChI is InChI=1S/C28H31N3O4S/c1-5-19-30(36(33,34)24-17-11-20(3)12-18-24)21(4)27-29-26-10-8-7-9-25(26)28(32)31(27)22-13-15-23(16-14-22)35-6-2/h7-18,21H,5-6,19H2,1-4H3. The van der Waals surface area contributed by atoms with Gasteiger partial charge >= 0.3 is 0 Å². The summed E-state index contributed by atoms with van der Waals surface area (Å²) in [5.74, 6) is 1.04. The van der Waals surface area contributed by atoms with E-state index in [1.807, 2.05) is 26.8 Å². The van der Waals surface area contributed by atoms with Gasteiger partial charge in [-0.3, -0.25) is 9.36 Å². The summed E-state index contributed by atoms with van der Waals surface area (Å²) in [4.78, 5) is 18.8. The molecule has 36 heavy (non-hydrogen) atoms. The summed E-state index contributed by atoms with van der Waals surface area (Å²) in [6, 6.07) is 20.4. The second-order valence-electron chi connectivity index (χ2n) is 8.66. The highest BCUT2D eigenvalue weighted by atomic mass is 32.2. The van der Waals surface area contributed by atoms with Crippen LogP contribution in [0.2, 0.25) is 0 Å². The molecule has 0 aliphatic rings. The molecule has 0 spiro atoms. The Bertz CT molecular complexity index is 1510. The molecular formula is C28H31N3O4S. The van der Waals surface area contributed by atoms with Gasteiger partial charge in [0.25, 0.3) is 5.56 Å². The van der Waals surface area contributed by atoms with Gasteiger partial charge in [-0.15, -0.1) is 0 Å². The summed E-state index contributed by atoms with van der Waals surface area (Å²) in [5.41, 5.74) is 1.84. The maximum absolute atomic E-state index is 13.8. The van der Waals surface area contributed by atoms with E-state index in [2.05, 4.69) is 0 Å². The molecule has 0 amide bonds. The van der Waals surface area contributed by atoms with E-state index >= 15 is 0 Å². The predicted molar refractivity (Wildman–Crippen MR) is 142 cm³/mol. The van der Waals surface area contributed by atoms with Crippen molar-refractivity contribution in [2.24, 2.45) is 0 Å². The topological polar surface area (TPSA) is 81.5 Å². The first-order chi connectivity index (χ1) is 17.3. The van der Waals surface area contributed by atoms with E-state index in [1.54, 1.807) is 73.7 Å². The molecule has 4 rings (SSSR count). The Kier molecular flexibility index (Phi) is 7.56. The first-order valence-corrected chi connectivity index (χ1v) is 13.5. The molecule has 1 unspecified atom stereocenters. The molecular weight excluding hydrogens is 474 g/mol. The van der Waals surface area contributed by atoms with Gasteiger partial charge in [0.05, 0.1) is 34.1 Å². The van der Waals surface area contributed by atoms with Crippen molar-refractivity contribution in [1.29, 1.82) is 0 Å². The van der Waals surface area contributed by atoms with Gasteiger partial charge in [-0.25, -0.2) is 13.4 Å². The van der Waals surface area contributed by atoms with Gasteiger partial charge in [0.2, 0.25) is 10.0 Å². The molecule has 4 aromatic rings. The fraction of sp³-hybridized carbons (Fsp3) is 0.286. The maximum atomic E-state index is 13.8. The van der Waals surface area contributed by atoms with Gasteiger partial charge < -0.3 is 4.74 Å². The minimum absolute atomic E-state index is 0.212. The lowest BCUT2D eigenvalue weighted by atomic mass is 10.2. The Balaban J connectivity index is 1.91. The Morgan fingerprint density at radius 1 is 0.972 bits per heavy atom. The fourth-order valence-electron chi connectivity index (χ4n) is 4.25. The molecule has 0 radical (unpaired) electrons. The molecule has 0 N–H and O–H groups in total. The molecule has 7 nitrogen and oxygen atoms in total. The van der Waals surface area contributed by atoms with Crippen molar-refractivity contribution in [2.75, 3.05) is 13.2 Å². The molecule has 0 aliphatic heterocycles. The van der Waals surface area contributed by atoms with Crippen LogP contribution in [-0.2, 0) is 10.0 Å². The van der Waals surface area contributed by atoms with E-state index in [9.17, 15) is 13.2 Å². The van der Waals surface area contributed by atoms with Crippen molar-refractivity contribution in [3.8, 4) is 11.4 Å². The molecule has 1 aromatic heterocycles. The van der Waals surface area contributed by atoms with Crippen LogP contribution in [0, 0.1) is 6.92 Å². The summed E-state index contributed by atoms with van der Waals surface area (Å²) < 4.78 is 36.0. The molecule has 0 bridgehead atoms. The second kappa shape index (κ2) is 10.6. The van der Waals surface area contributed by atoms with Crippen molar-refractivity contribution < 1.29 is 13.2 Å². The molecule has 3 aromatic carbocycles. The number of sulfonamides is 1. The van der Waals surface area contributed by atoms with Crippen LogP contribution in [0.15, 0.2) is 82.5 Å². The fourth-order valence-corrected chi connectivity index (χ4v) is 5.94. The van der Waals surface area contributed by atoms with E-state index in [0.29, 0.717) is 41.2 Å². The smallest absolute Gasteiger partial charge is 0.266 e. The maximum Gasteiger partial charge on any atom is 0.266 e. The Morgan fingerprint density at radius 2 is 1.64 bits per heavy atom. The van der Waals surface area contributed by atoms with Gasteiger partial charge in [0.1, 0.15) is 11.6 Å². The SMILES string of the molecule is CCCN(C(C)c1nc2ccccc2c(=O)n1-c1ccc(OCC)cc1)S(=O)(=O)c1ccc(C)cc1. The summed E-state index contributed by atoms with van der Waals surface area (Å²) in [6.45, 7) is 8.34. The normalized spacial score (nSPS) is 12.7. The largest absolute Gasteiger partial charge is 0.494 e.